The van der Waals surface area contributed by atoms with Crippen LogP contribution in [0.4, 0.5) is 4.79 Å². The summed E-state index contributed by atoms with van der Waals surface area (Å²) in [6.07, 6.45) is -0.574. The standard InChI is InChI=1S/C18H15NO4/c20-17(21)16-11-5-4-9-15(16)10-6-12-19-18(22)23-13-14-7-2-1-3-8-14/h1-5,7-9,11H,12-13H2,(H,19,22)(H,20,21). The van der Waals surface area contributed by atoms with Gasteiger partial charge in [0.05, 0.1) is 12.1 Å². The third kappa shape index (κ3) is 5.21. The van der Waals surface area contributed by atoms with Crippen LogP contribution in [0.15, 0.2) is 54.6 Å². The first kappa shape index (κ1) is 16.1. The van der Waals surface area contributed by atoms with Gasteiger partial charge in [0.15, 0.2) is 0 Å². The van der Waals surface area contributed by atoms with Crippen LogP contribution < -0.4 is 5.32 Å². The van der Waals surface area contributed by atoms with E-state index in [-0.39, 0.29) is 18.7 Å². The molecule has 0 saturated carbocycles. The smallest absolute Gasteiger partial charge is 0.408 e. The summed E-state index contributed by atoms with van der Waals surface area (Å²) in [6, 6.07) is 15.8. The molecule has 2 aromatic carbocycles. The number of carboxylic acid groups (broad SMARTS) is 1. The van der Waals surface area contributed by atoms with E-state index in [0.717, 1.165) is 5.56 Å². The summed E-state index contributed by atoms with van der Waals surface area (Å²) in [5.74, 6) is 4.39. The zero-order valence-electron chi connectivity index (χ0n) is 12.3. The van der Waals surface area contributed by atoms with Crippen molar-refractivity contribution in [2.75, 3.05) is 6.54 Å². The molecule has 2 N–H and O–H groups in total. The van der Waals surface area contributed by atoms with Gasteiger partial charge in [0.25, 0.3) is 0 Å². The topological polar surface area (TPSA) is 75.6 Å². The summed E-state index contributed by atoms with van der Waals surface area (Å²) < 4.78 is 5.03. The van der Waals surface area contributed by atoms with Gasteiger partial charge in [-0.25, -0.2) is 9.59 Å². The molecule has 0 fully saturated rings. The van der Waals surface area contributed by atoms with Crippen molar-refractivity contribution >= 4 is 12.1 Å². The van der Waals surface area contributed by atoms with Gasteiger partial charge in [0.2, 0.25) is 0 Å². The highest BCUT2D eigenvalue weighted by atomic mass is 16.5. The van der Waals surface area contributed by atoms with Gasteiger partial charge < -0.3 is 15.2 Å². The largest absolute Gasteiger partial charge is 0.478 e. The molecule has 0 bridgehead atoms. The lowest BCUT2D eigenvalue weighted by molar-refractivity contribution is 0.0696. The summed E-state index contributed by atoms with van der Waals surface area (Å²) in [5.41, 5.74) is 1.43. The highest BCUT2D eigenvalue weighted by Crippen LogP contribution is 2.06. The third-order valence-corrected chi connectivity index (χ3v) is 2.91. The normalized spacial score (nSPS) is 9.39. The van der Waals surface area contributed by atoms with Gasteiger partial charge in [-0.15, -0.1) is 0 Å². The Morgan fingerprint density at radius 2 is 1.74 bits per heavy atom. The molecule has 0 radical (unpaired) electrons. The molecule has 23 heavy (non-hydrogen) atoms. The maximum atomic E-state index is 11.5. The summed E-state index contributed by atoms with van der Waals surface area (Å²) in [6.45, 7) is 0.253. The minimum Gasteiger partial charge on any atom is -0.478 e. The fraction of sp³-hybridized carbons (Fsp3) is 0.111. The molecule has 0 heterocycles. The molecule has 116 valence electrons. The molecule has 0 aliphatic heterocycles. The number of benzene rings is 2. The van der Waals surface area contributed by atoms with E-state index in [1.807, 2.05) is 30.3 Å². The van der Waals surface area contributed by atoms with Crippen LogP contribution in [0.5, 0.6) is 0 Å². The molecular weight excluding hydrogens is 294 g/mol. The predicted molar refractivity (Wildman–Crippen MR) is 84.9 cm³/mol. The fourth-order valence-electron chi connectivity index (χ4n) is 1.81. The van der Waals surface area contributed by atoms with Crippen molar-refractivity contribution in [2.24, 2.45) is 0 Å². The molecule has 0 saturated heterocycles. The van der Waals surface area contributed by atoms with Crippen molar-refractivity contribution < 1.29 is 19.4 Å². The molecule has 2 rings (SSSR count). The van der Waals surface area contributed by atoms with E-state index in [0.29, 0.717) is 5.56 Å². The Morgan fingerprint density at radius 3 is 2.48 bits per heavy atom. The Kier molecular flexibility index (Phi) is 5.78. The number of hydrogen-bond donors (Lipinski definition) is 2. The Labute approximate surface area is 133 Å². The van der Waals surface area contributed by atoms with Crippen molar-refractivity contribution in [1.29, 1.82) is 0 Å². The van der Waals surface area contributed by atoms with E-state index in [1.165, 1.54) is 6.07 Å². The monoisotopic (exact) mass is 309 g/mol. The Hall–Kier alpha value is -3.26. The molecule has 0 atom stereocenters. The summed E-state index contributed by atoms with van der Waals surface area (Å²) in [7, 11) is 0. The SMILES string of the molecule is O=C(NCC#Cc1ccccc1C(=O)O)OCc1ccccc1. The molecule has 1 amide bonds. The number of aromatic carboxylic acids is 1. The highest BCUT2D eigenvalue weighted by molar-refractivity contribution is 5.90. The highest BCUT2D eigenvalue weighted by Gasteiger charge is 2.06. The van der Waals surface area contributed by atoms with Crippen LogP contribution in [-0.2, 0) is 11.3 Å². The number of carboxylic acids is 1. The number of rotatable bonds is 4. The molecule has 0 unspecified atom stereocenters. The quantitative estimate of drug-likeness (QED) is 0.851. The fourth-order valence-corrected chi connectivity index (χ4v) is 1.81. The van der Waals surface area contributed by atoms with Crippen molar-refractivity contribution in [3.05, 3.63) is 71.3 Å². The molecule has 5 heteroatoms. The van der Waals surface area contributed by atoms with Crippen LogP contribution in [0, 0.1) is 11.8 Å². The lowest BCUT2D eigenvalue weighted by atomic mass is 10.1. The molecule has 5 nitrogen and oxygen atoms in total. The zero-order chi connectivity index (χ0) is 16.5. The van der Waals surface area contributed by atoms with Crippen LogP contribution in [0.2, 0.25) is 0 Å². The molecular formula is C18H15NO4. The second-order valence-corrected chi connectivity index (χ2v) is 4.57. The predicted octanol–water partition coefficient (Wildman–Crippen LogP) is 2.66. The van der Waals surface area contributed by atoms with Crippen LogP contribution in [0.1, 0.15) is 21.5 Å². The number of amides is 1. The number of carbonyl (C=O) groups is 2. The first-order valence-corrected chi connectivity index (χ1v) is 6.92. The molecule has 0 aromatic heterocycles. The Balaban J connectivity index is 1.81. The second kappa shape index (κ2) is 8.25. The van der Waals surface area contributed by atoms with Gasteiger partial charge in [-0.05, 0) is 17.7 Å². The summed E-state index contributed by atoms with van der Waals surface area (Å²) in [5, 5.41) is 11.5. The van der Waals surface area contributed by atoms with Crippen LogP contribution in [-0.4, -0.2) is 23.7 Å². The van der Waals surface area contributed by atoms with Gasteiger partial charge in [-0.1, -0.05) is 54.3 Å². The van der Waals surface area contributed by atoms with Crippen LogP contribution >= 0.6 is 0 Å². The molecule has 0 spiro atoms. The minimum atomic E-state index is -1.04. The van der Waals surface area contributed by atoms with Crippen molar-refractivity contribution in [3.8, 4) is 11.8 Å². The van der Waals surface area contributed by atoms with E-state index in [1.54, 1.807) is 18.2 Å². The Morgan fingerprint density at radius 1 is 1.04 bits per heavy atom. The van der Waals surface area contributed by atoms with Gasteiger partial charge in [-0.3, -0.25) is 0 Å². The maximum Gasteiger partial charge on any atom is 0.408 e. The number of hydrogen-bond acceptors (Lipinski definition) is 3. The number of alkyl carbamates (subject to hydrolysis) is 1. The average molecular weight is 309 g/mol. The molecule has 0 aliphatic rings. The zero-order valence-corrected chi connectivity index (χ0v) is 12.3. The molecule has 0 aliphatic carbocycles. The van der Waals surface area contributed by atoms with Crippen molar-refractivity contribution in [1.82, 2.24) is 5.32 Å². The van der Waals surface area contributed by atoms with Gasteiger partial charge in [-0.2, -0.15) is 0 Å². The van der Waals surface area contributed by atoms with E-state index >= 15 is 0 Å². The number of nitrogens with one attached hydrogen (secondary N) is 1. The van der Waals surface area contributed by atoms with Crippen molar-refractivity contribution in [2.45, 2.75) is 6.61 Å². The van der Waals surface area contributed by atoms with Gasteiger partial charge in [0.1, 0.15) is 6.61 Å². The summed E-state index contributed by atoms with van der Waals surface area (Å²) >= 11 is 0. The van der Waals surface area contributed by atoms with Gasteiger partial charge >= 0.3 is 12.1 Å². The minimum absolute atomic E-state index is 0.0710. The number of ether oxygens (including phenoxy) is 1. The van der Waals surface area contributed by atoms with E-state index in [9.17, 15) is 9.59 Å². The van der Waals surface area contributed by atoms with Crippen molar-refractivity contribution in [3.63, 3.8) is 0 Å². The van der Waals surface area contributed by atoms with Crippen LogP contribution in [0.25, 0.3) is 0 Å². The first-order valence-electron chi connectivity index (χ1n) is 6.92. The lowest BCUT2D eigenvalue weighted by Crippen LogP contribution is -2.24. The average Bonchev–Trinajstić information content (AvgIpc) is 2.58. The lowest BCUT2D eigenvalue weighted by Gasteiger charge is -2.04. The number of carbonyl (C=O) groups excluding carboxylic acids is 1. The maximum absolute atomic E-state index is 11.5. The second-order valence-electron chi connectivity index (χ2n) is 4.57. The van der Waals surface area contributed by atoms with E-state index in [4.69, 9.17) is 9.84 Å². The third-order valence-electron chi connectivity index (χ3n) is 2.91. The van der Waals surface area contributed by atoms with Gasteiger partial charge in [0, 0.05) is 5.56 Å². The van der Waals surface area contributed by atoms with E-state index < -0.39 is 12.1 Å². The first-order chi connectivity index (χ1) is 11.2. The Bertz CT molecular complexity index is 744. The summed E-state index contributed by atoms with van der Waals surface area (Å²) in [4.78, 5) is 22.5. The van der Waals surface area contributed by atoms with E-state index in [2.05, 4.69) is 17.2 Å². The van der Waals surface area contributed by atoms with Crippen LogP contribution in [0.3, 0.4) is 0 Å². The molecule has 2 aromatic rings.